The molecule has 0 aliphatic heterocycles. The van der Waals surface area contributed by atoms with Crippen molar-refractivity contribution in [3.63, 3.8) is 0 Å². The SMILES string of the molecule is C=CCNC(=NCCc1ccco1)N[C@H](CC)CO.I. The second kappa shape index (κ2) is 11.8. The van der Waals surface area contributed by atoms with Gasteiger partial charge in [-0.05, 0) is 18.6 Å². The molecule has 1 aromatic heterocycles. The maximum atomic E-state index is 9.20. The highest BCUT2D eigenvalue weighted by Gasteiger charge is 2.06. The van der Waals surface area contributed by atoms with Gasteiger partial charge in [-0.1, -0.05) is 13.0 Å². The number of halogens is 1. The number of furan rings is 1. The second-order valence-corrected chi connectivity index (χ2v) is 4.16. The van der Waals surface area contributed by atoms with Gasteiger partial charge < -0.3 is 20.2 Å². The molecule has 0 aromatic carbocycles. The van der Waals surface area contributed by atoms with Gasteiger partial charge in [-0.3, -0.25) is 4.99 Å². The molecule has 0 aliphatic rings. The van der Waals surface area contributed by atoms with Crippen molar-refractivity contribution in [3.8, 4) is 0 Å². The first kappa shape index (κ1) is 19.0. The van der Waals surface area contributed by atoms with Gasteiger partial charge in [0.25, 0.3) is 0 Å². The van der Waals surface area contributed by atoms with Crippen LogP contribution in [0, 0.1) is 0 Å². The topological polar surface area (TPSA) is 69.8 Å². The van der Waals surface area contributed by atoms with Crippen LogP contribution in [-0.4, -0.2) is 36.8 Å². The maximum Gasteiger partial charge on any atom is 0.191 e. The maximum absolute atomic E-state index is 9.20. The first-order valence-electron chi connectivity index (χ1n) is 6.59. The Labute approximate surface area is 137 Å². The van der Waals surface area contributed by atoms with E-state index >= 15 is 0 Å². The number of aliphatic hydroxyl groups is 1. The van der Waals surface area contributed by atoms with Crippen LogP contribution in [-0.2, 0) is 6.42 Å². The Kier molecular flexibility index (Phi) is 11.2. The molecule has 1 heterocycles. The van der Waals surface area contributed by atoms with Crippen LogP contribution < -0.4 is 10.6 Å². The first-order chi connectivity index (χ1) is 9.30. The third kappa shape index (κ3) is 7.54. The van der Waals surface area contributed by atoms with Crippen LogP contribution in [0.25, 0.3) is 0 Å². The molecule has 20 heavy (non-hydrogen) atoms. The smallest absolute Gasteiger partial charge is 0.191 e. The lowest BCUT2D eigenvalue weighted by atomic mass is 10.2. The molecular weight excluding hydrogens is 369 g/mol. The Bertz CT molecular complexity index is 376. The number of guanidine groups is 1. The van der Waals surface area contributed by atoms with Crippen molar-refractivity contribution in [2.75, 3.05) is 19.7 Å². The number of nitrogens with zero attached hydrogens (tertiary/aromatic N) is 1. The lowest BCUT2D eigenvalue weighted by Gasteiger charge is -2.18. The molecule has 0 spiro atoms. The summed E-state index contributed by atoms with van der Waals surface area (Å²) in [5.74, 6) is 1.60. The zero-order chi connectivity index (χ0) is 13.9. The van der Waals surface area contributed by atoms with E-state index in [9.17, 15) is 5.11 Å². The summed E-state index contributed by atoms with van der Waals surface area (Å²) in [6, 6.07) is 3.81. The summed E-state index contributed by atoms with van der Waals surface area (Å²) in [4.78, 5) is 4.45. The van der Waals surface area contributed by atoms with Crippen LogP contribution in [0.3, 0.4) is 0 Å². The van der Waals surface area contributed by atoms with E-state index in [1.807, 2.05) is 19.1 Å². The van der Waals surface area contributed by atoms with Crippen LogP contribution in [0.1, 0.15) is 19.1 Å². The zero-order valence-electron chi connectivity index (χ0n) is 11.8. The molecule has 0 aliphatic carbocycles. The van der Waals surface area contributed by atoms with E-state index in [0.717, 1.165) is 18.6 Å². The molecule has 6 heteroatoms. The zero-order valence-corrected chi connectivity index (χ0v) is 14.2. The third-order valence-corrected chi connectivity index (χ3v) is 2.68. The Hall–Kier alpha value is -1.02. The van der Waals surface area contributed by atoms with E-state index in [2.05, 4.69) is 22.2 Å². The molecule has 114 valence electrons. The van der Waals surface area contributed by atoms with Gasteiger partial charge in [0, 0.05) is 19.5 Å². The average molecular weight is 393 g/mol. The van der Waals surface area contributed by atoms with Crippen molar-refractivity contribution in [1.29, 1.82) is 0 Å². The molecular formula is C14H24IN3O2. The third-order valence-electron chi connectivity index (χ3n) is 2.68. The van der Waals surface area contributed by atoms with Crippen molar-refractivity contribution in [1.82, 2.24) is 10.6 Å². The number of hydrogen-bond donors (Lipinski definition) is 3. The van der Waals surface area contributed by atoms with Crippen LogP contribution >= 0.6 is 24.0 Å². The predicted octanol–water partition coefficient (Wildman–Crippen LogP) is 1.93. The van der Waals surface area contributed by atoms with Crippen LogP contribution in [0.15, 0.2) is 40.5 Å². The Morgan fingerprint density at radius 3 is 2.95 bits per heavy atom. The predicted molar refractivity (Wildman–Crippen MR) is 92.6 cm³/mol. The minimum absolute atomic E-state index is 0. The first-order valence-corrected chi connectivity index (χ1v) is 6.59. The standard InChI is InChI=1S/C14H23N3O2.HI/c1-3-8-15-14(17-12(4-2)11-18)16-9-7-13-6-5-10-19-13;/h3,5-6,10,12,18H,1,4,7-9,11H2,2H3,(H2,15,16,17);1H/t12-;/m1./s1. The molecule has 5 nitrogen and oxygen atoms in total. The number of hydrogen-bond acceptors (Lipinski definition) is 3. The summed E-state index contributed by atoms with van der Waals surface area (Å²) in [5, 5.41) is 15.5. The average Bonchev–Trinajstić information content (AvgIpc) is 2.94. The molecule has 0 saturated heterocycles. The van der Waals surface area contributed by atoms with Crippen molar-refractivity contribution in [3.05, 3.63) is 36.8 Å². The van der Waals surface area contributed by atoms with E-state index in [1.165, 1.54) is 0 Å². The molecule has 0 amide bonds. The molecule has 0 bridgehead atoms. The molecule has 0 saturated carbocycles. The Balaban J connectivity index is 0.00000361. The highest BCUT2D eigenvalue weighted by molar-refractivity contribution is 14.0. The summed E-state index contributed by atoms with van der Waals surface area (Å²) < 4.78 is 5.25. The van der Waals surface area contributed by atoms with Gasteiger partial charge in [0.15, 0.2) is 5.96 Å². The number of aliphatic hydroxyl groups excluding tert-OH is 1. The van der Waals surface area contributed by atoms with E-state index in [1.54, 1.807) is 12.3 Å². The largest absolute Gasteiger partial charge is 0.469 e. The van der Waals surface area contributed by atoms with Crippen molar-refractivity contribution in [2.45, 2.75) is 25.8 Å². The van der Waals surface area contributed by atoms with Gasteiger partial charge in [0.2, 0.25) is 0 Å². The van der Waals surface area contributed by atoms with Gasteiger partial charge in [-0.25, -0.2) is 0 Å². The molecule has 1 rings (SSSR count). The van der Waals surface area contributed by atoms with Gasteiger partial charge in [-0.2, -0.15) is 0 Å². The highest BCUT2D eigenvalue weighted by atomic mass is 127. The molecule has 3 N–H and O–H groups in total. The van der Waals surface area contributed by atoms with Crippen LogP contribution in [0.4, 0.5) is 0 Å². The van der Waals surface area contributed by atoms with Crippen molar-refractivity contribution >= 4 is 29.9 Å². The normalized spacial score (nSPS) is 12.4. The van der Waals surface area contributed by atoms with E-state index < -0.39 is 0 Å². The van der Waals surface area contributed by atoms with Crippen molar-refractivity contribution in [2.24, 2.45) is 4.99 Å². The highest BCUT2D eigenvalue weighted by Crippen LogP contribution is 2.00. The number of nitrogens with one attached hydrogen (secondary N) is 2. The number of rotatable bonds is 8. The summed E-state index contributed by atoms with van der Waals surface area (Å²) >= 11 is 0. The van der Waals surface area contributed by atoms with E-state index in [-0.39, 0.29) is 36.6 Å². The Morgan fingerprint density at radius 1 is 1.60 bits per heavy atom. The van der Waals surface area contributed by atoms with Crippen LogP contribution in [0.5, 0.6) is 0 Å². The summed E-state index contributed by atoms with van der Waals surface area (Å²) in [6.45, 7) is 7.03. The summed E-state index contributed by atoms with van der Waals surface area (Å²) in [5.41, 5.74) is 0. The van der Waals surface area contributed by atoms with Crippen molar-refractivity contribution < 1.29 is 9.52 Å². The van der Waals surface area contributed by atoms with Gasteiger partial charge in [0.05, 0.1) is 18.9 Å². The second-order valence-electron chi connectivity index (χ2n) is 4.16. The lowest BCUT2D eigenvalue weighted by molar-refractivity contribution is 0.252. The fourth-order valence-electron chi connectivity index (χ4n) is 1.52. The molecule has 0 radical (unpaired) electrons. The quantitative estimate of drug-likeness (QED) is 0.273. The Morgan fingerprint density at radius 2 is 2.40 bits per heavy atom. The van der Waals surface area contributed by atoms with Gasteiger partial charge in [0.1, 0.15) is 5.76 Å². The minimum atomic E-state index is 0. The monoisotopic (exact) mass is 393 g/mol. The molecule has 1 aromatic rings. The molecule has 0 unspecified atom stereocenters. The van der Waals surface area contributed by atoms with E-state index in [4.69, 9.17) is 4.42 Å². The molecule has 1 atom stereocenters. The fourth-order valence-corrected chi connectivity index (χ4v) is 1.52. The lowest BCUT2D eigenvalue weighted by Crippen LogP contribution is -2.45. The molecule has 0 fully saturated rings. The summed E-state index contributed by atoms with van der Waals surface area (Å²) in [6.07, 6.45) is 5.02. The van der Waals surface area contributed by atoms with E-state index in [0.29, 0.717) is 19.0 Å². The number of aliphatic imine (C=N–C) groups is 1. The summed E-state index contributed by atoms with van der Waals surface area (Å²) in [7, 11) is 0. The fraction of sp³-hybridized carbons (Fsp3) is 0.500. The van der Waals surface area contributed by atoms with Gasteiger partial charge >= 0.3 is 0 Å². The van der Waals surface area contributed by atoms with Gasteiger partial charge in [-0.15, -0.1) is 30.6 Å². The minimum Gasteiger partial charge on any atom is -0.469 e. The van der Waals surface area contributed by atoms with Crippen LogP contribution in [0.2, 0.25) is 0 Å².